The third kappa shape index (κ3) is 6.04. The lowest BCUT2D eigenvalue weighted by atomic mass is 9.84. The van der Waals surface area contributed by atoms with Crippen molar-refractivity contribution in [1.29, 1.82) is 0 Å². The molecule has 0 aliphatic carbocycles. The van der Waals surface area contributed by atoms with Gasteiger partial charge in [-0.25, -0.2) is 9.59 Å². The Morgan fingerprint density at radius 3 is 2.45 bits per heavy atom. The van der Waals surface area contributed by atoms with Crippen LogP contribution in [0, 0.1) is 12.8 Å². The summed E-state index contributed by atoms with van der Waals surface area (Å²) in [5.74, 6) is -0.0974. The van der Waals surface area contributed by atoms with Crippen molar-refractivity contribution in [2.45, 2.75) is 65.1 Å². The van der Waals surface area contributed by atoms with Gasteiger partial charge in [0.1, 0.15) is 5.56 Å². The first kappa shape index (κ1) is 29.7. The summed E-state index contributed by atoms with van der Waals surface area (Å²) in [5, 5.41) is 0.884. The first-order chi connectivity index (χ1) is 21.2. The fourth-order valence-electron chi connectivity index (χ4n) is 6.04. The van der Waals surface area contributed by atoms with E-state index < -0.39 is 17.2 Å². The Kier molecular flexibility index (Phi) is 8.35. The molecule has 10 nitrogen and oxygen atoms in total. The van der Waals surface area contributed by atoms with E-state index in [1.54, 1.807) is 20.8 Å². The minimum absolute atomic E-state index is 0.160. The van der Waals surface area contributed by atoms with Gasteiger partial charge in [0.05, 0.1) is 24.1 Å². The zero-order valence-electron chi connectivity index (χ0n) is 25.4. The van der Waals surface area contributed by atoms with Crippen molar-refractivity contribution in [1.82, 2.24) is 9.47 Å². The van der Waals surface area contributed by atoms with Crippen molar-refractivity contribution in [2.24, 2.45) is 5.92 Å². The van der Waals surface area contributed by atoms with E-state index in [1.165, 1.54) is 0 Å². The smallest absolute Gasteiger partial charge is 0.478 e. The van der Waals surface area contributed by atoms with Gasteiger partial charge in [-0.3, -0.25) is 9.69 Å². The molecule has 2 aromatic heterocycles. The molecule has 10 heteroatoms. The number of nitrogens with zero attached hydrogens (tertiary/aromatic N) is 2. The van der Waals surface area contributed by atoms with Crippen LogP contribution in [0.4, 0.5) is 0 Å². The van der Waals surface area contributed by atoms with Crippen LogP contribution in [0.5, 0.6) is 5.88 Å². The van der Waals surface area contributed by atoms with Crippen molar-refractivity contribution in [3.63, 3.8) is 0 Å². The van der Waals surface area contributed by atoms with Crippen LogP contribution in [0.2, 0.25) is 0 Å². The number of carbonyl (C=O) groups excluding carboxylic acids is 2. The molecule has 1 saturated heterocycles. The van der Waals surface area contributed by atoms with Crippen LogP contribution in [-0.2, 0) is 39.4 Å². The topological polar surface area (TPSA) is 113 Å². The van der Waals surface area contributed by atoms with E-state index in [-0.39, 0.29) is 18.3 Å². The number of piperidine rings is 1. The number of esters is 2. The van der Waals surface area contributed by atoms with E-state index in [1.807, 2.05) is 48.5 Å². The number of benzene rings is 2. The standard InChI is InChI=1S/C34H38N2O8/c1-22-28(44-33(39)43-22)21-42-32(38)34(2,3)25-11-9-23(10-12-25)19-35-16-13-24(14-17-35)20-41-31(37)29-26-7-4-5-8-27(26)36-15-6-18-40-30(29)36/h4-5,7-12,24H,6,13-21H2,1-3H3. The summed E-state index contributed by atoms with van der Waals surface area (Å²) in [5.41, 5.74) is 2.66. The van der Waals surface area contributed by atoms with E-state index in [9.17, 15) is 14.4 Å². The van der Waals surface area contributed by atoms with Gasteiger partial charge in [-0.05, 0) is 76.2 Å². The number of para-hydroxylation sites is 1. The molecule has 2 aromatic carbocycles. The molecular weight excluding hydrogens is 564 g/mol. The number of hydrogen-bond donors (Lipinski definition) is 0. The average molecular weight is 603 g/mol. The van der Waals surface area contributed by atoms with Crippen LogP contribution < -0.4 is 10.6 Å². The van der Waals surface area contributed by atoms with Crippen LogP contribution >= 0.6 is 0 Å². The highest BCUT2D eigenvalue weighted by Crippen LogP contribution is 2.35. The van der Waals surface area contributed by atoms with Gasteiger partial charge >= 0.3 is 17.8 Å². The van der Waals surface area contributed by atoms with Crippen molar-refractivity contribution >= 4 is 22.8 Å². The predicted molar refractivity (Wildman–Crippen MR) is 162 cm³/mol. The molecule has 2 aliphatic rings. The van der Waals surface area contributed by atoms with Crippen molar-refractivity contribution in [2.75, 3.05) is 26.3 Å². The second-order valence-corrected chi connectivity index (χ2v) is 12.2. The highest BCUT2D eigenvalue weighted by molar-refractivity contribution is 6.07. The third-order valence-corrected chi connectivity index (χ3v) is 8.81. The van der Waals surface area contributed by atoms with E-state index in [4.69, 9.17) is 23.0 Å². The molecule has 0 atom stereocenters. The fraction of sp³-hybridized carbons (Fsp3) is 0.441. The number of likely N-dealkylation sites (tertiary alicyclic amines) is 1. The van der Waals surface area contributed by atoms with Crippen LogP contribution in [-0.4, -0.2) is 47.7 Å². The third-order valence-electron chi connectivity index (χ3n) is 8.81. The van der Waals surface area contributed by atoms with Crippen LogP contribution in [0.3, 0.4) is 0 Å². The van der Waals surface area contributed by atoms with Crippen molar-refractivity contribution < 1.29 is 32.6 Å². The van der Waals surface area contributed by atoms with E-state index in [0.29, 0.717) is 36.3 Å². The maximum absolute atomic E-state index is 13.2. The molecule has 0 unspecified atom stereocenters. The largest absolute Gasteiger partial charge is 0.519 e. The second kappa shape index (κ2) is 12.4. The number of rotatable bonds is 9. The number of aryl methyl sites for hydroxylation is 2. The Morgan fingerprint density at radius 1 is 0.977 bits per heavy atom. The van der Waals surface area contributed by atoms with Crippen LogP contribution in [0.15, 0.2) is 62.2 Å². The molecular formula is C34H38N2O8. The maximum atomic E-state index is 13.2. The minimum Gasteiger partial charge on any atom is -0.478 e. The Labute approximate surface area is 255 Å². The van der Waals surface area contributed by atoms with Gasteiger partial charge in [0.2, 0.25) is 5.88 Å². The molecule has 4 aromatic rings. The number of fused-ring (bicyclic) bond motifs is 3. The average Bonchev–Trinajstić information content (AvgIpc) is 3.54. The lowest BCUT2D eigenvalue weighted by Gasteiger charge is -2.32. The zero-order chi connectivity index (χ0) is 30.8. The van der Waals surface area contributed by atoms with E-state index >= 15 is 0 Å². The SMILES string of the molecule is Cc1oc(=O)oc1COC(=O)C(C)(C)c1ccc(CN2CCC(COC(=O)c3c4n(c5ccccc35)CCCO4)CC2)cc1. The predicted octanol–water partition coefficient (Wildman–Crippen LogP) is 5.37. The highest BCUT2D eigenvalue weighted by Gasteiger charge is 2.32. The molecule has 232 valence electrons. The van der Waals surface area contributed by atoms with Gasteiger partial charge in [-0.1, -0.05) is 42.5 Å². The van der Waals surface area contributed by atoms with Gasteiger partial charge in [0.25, 0.3) is 0 Å². The first-order valence-electron chi connectivity index (χ1n) is 15.2. The summed E-state index contributed by atoms with van der Waals surface area (Å²) in [6, 6.07) is 15.9. The molecule has 2 aliphatic heterocycles. The Hall–Kier alpha value is -4.31. The fourth-order valence-corrected chi connectivity index (χ4v) is 6.04. The highest BCUT2D eigenvalue weighted by atomic mass is 16.6. The normalized spacial score (nSPS) is 16.0. The number of hydrogen-bond acceptors (Lipinski definition) is 9. The molecule has 0 radical (unpaired) electrons. The number of ether oxygens (including phenoxy) is 3. The number of aromatic nitrogens is 1. The molecule has 1 fully saturated rings. The Morgan fingerprint density at radius 2 is 1.73 bits per heavy atom. The lowest BCUT2D eigenvalue weighted by Crippen LogP contribution is -2.35. The summed E-state index contributed by atoms with van der Waals surface area (Å²) in [7, 11) is 0. The molecule has 6 rings (SSSR count). The van der Waals surface area contributed by atoms with Crippen molar-refractivity contribution in [3.8, 4) is 5.88 Å². The lowest BCUT2D eigenvalue weighted by molar-refractivity contribution is -0.151. The summed E-state index contributed by atoms with van der Waals surface area (Å²) < 4.78 is 29.0. The molecule has 0 amide bonds. The molecule has 4 heterocycles. The summed E-state index contributed by atoms with van der Waals surface area (Å²) in [4.78, 5) is 39.7. The van der Waals surface area contributed by atoms with Gasteiger partial charge in [-0.2, -0.15) is 0 Å². The summed E-state index contributed by atoms with van der Waals surface area (Å²) >= 11 is 0. The van der Waals surface area contributed by atoms with E-state index in [0.717, 1.165) is 67.5 Å². The molecule has 0 N–H and O–H groups in total. The zero-order valence-corrected chi connectivity index (χ0v) is 25.4. The van der Waals surface area contributed by atoms with Gasteiger partial charge < -0.3 is 27.6 Å². The van der Waals surface area contributed by atoms with Gasteiger partial charge in [0, 0.05) is 18.5 Å². The Bertz CT molecular complexity index is 1700. The second-order valence-electron chi connectivity index (χ2n) is 12.2. The minimum atomic E-state index is -0.884. The van der Waals surface area contributed by atoms with Gasteiger partial charge in [0.15, 0.2) is 18.1 Å². The number of carbonyl (C=O) groups is 2. The Balaban J connectivity index is 0.985. The first-order valence-corrected chi connectivity index (χ1v) is 15.2. The molecule has 0 spiro atoms. The molecule has 0 bridgehead atoms. The quantitative estimate of drug-likeness (QED) is 0.233. The van der Waals surface area contributed by atoms with Gasteiger partial charge in [-0.15, -0.1) is 0 Å². The molecule has 0 saturated carbocycles. The van der Waals surface area contributed by atoms with Crippen LogP contribution in [0.25, 0.3) is 10.9 Å². The molecule has 44 heavy (non-hydrogen) atoms. The summed E-state index contributed by atoms with van der Waals surface area (Å²) in [6.45, 7) is 9.52. The van der Waals surface area contributed by atoms with Crippen LogP contribution in [0.1, 0.15) is 66.1 Å². The van der Waals surface area contributed by atoms with Crippen molar-refractivity contribution in [3.05, 3.63) is 87.4 Å². The monoisotopic (exact) mass is 602 g/mol. The summed E-state index contributed by atoms with van der Waals surface area (Å²) in [6.07, 6.45) is 2.82. The van der Waals surface area contributed by atoms with E-state index in [2.05, 4.69) is 9.47 Å². The maximum Gasteiger partial charge on any atom is 0.519 e.